The Morgan fingerprint density at radius 1 is 2.00 bits per heavy atom. The van der Waals surface area contributed by atoms with Gasteiger partial charge in [0, 0.05) is 12.0 Å². The second kappa shape index (κ2) is 2.17. The van der Waals surface area contributed by atoms with Crippen molar-refractivity contribution in [2.24, 2.45) is 10.3 Å². The molecule has 0 fully saturated rings. The Kier molecular flexibility index (Phi) is 1.53. The number of aliphatic carboxylic acids is 1. The fourth-order valence-electron chi connectivity index (χ4n) is 0.418. The van der Waals surface area contributed by atoms with Crippen molar-refractivity contribution in [2.75, 3.05) is 5.75 Å². The van der Waals surface area contributed by atoms with Gasteiger partial charge in [-0.25, -0.2) is 4.40 Å². The van der Waals surface area contributed by atoms with E-state index < -0.39 is 5.97 Å². The lowest BCUT2D eigenvalue weighted by molar-refractivity contribution is -0.138. The van der Waals surface area contributed by atoms with Crippen molar-refractivity contribution >= 4 is 24.1 Å². The summed E-state index contributed by atoms with van der Waals surface area (Å²) in [5.41, 5.74) is 0. The molecular weight excluding hydrogens is 126 g/mol. The molecule has 1 heterocycles. The molecule has 8 heavy (non-hydrogen) atoms. The van der Waals surface area contributed by atoms with Gasteiger partial charge in [-0.15, -0.1) is 0 Å². The third kappa shape index (κ3) is 1.01. The van der Waals surface area contributed by atoms with Crippen LogP contribution in [-0.2, 0) is 4.79 Å². The largest absolute Gasteiger partial charge is 0.481 e. The molecule has 44 valence electrons. The van der Waals surface area contributed by atoms with E-state index in [9.17, 15) is 4.79 Å². The lowest BCUT2D eigenvalue weighted by atomic mass is 10.2. The number of carboxylic acid groups (broad SMARTS) is 1. The standard InChI is InChI=1S/C4H5NO2S/c6-4(7)3-1-5-8-2-3/h1,3H,2H2,(H,6,7). The van der Waals surface area contributed by atoms with Crippen LogP contribution in [0.4, 0.5) is 0 Å². The molecule has 1 aliphatic rings. The third-order valence-electron chi connectivity index (χ3n) is 0.887. The van der Waals surface area contributed by atoms with Gasteiger partial charge < -0.3 is 5.11 Å². The number of carbonyl (C=O) groups is 1. The second-order valence-corrected chi connectivity index (χ2v) is 2.30. The Morgan fingerprint density at radius 2 is 2.75 bits per heavy atom. The van der Waals surface area contributed by atoms with Gasteiger partial charge in [-0.2, -0.15) is 0 Å². The van der Waals surface area contributed by atoms with Gasteiger partial charge in [0.1, 0.15) is 5.92 Å². The molecule has 1 N–H and O–H groups in total. The molecule has 1 rings (SSSR count). The van der Waals surface area contributed by atoms with Crippen LogP contribution in [0.3, 0.4) is 0 Å². The van der Waals surface area contributed by atoms with Crippen LogP contribution in [0.5, 0.6) is 0 Å². The van der Waals surface area contributed by atoms with Gasteiger partial charge in [0.05, 0.1) is 0 Å². The predicted molar refractivity (Wildman–Crippen MR) is 32.1 cm³/mol. The number of hydrogen-bond acceptors (Lipinski definition) is 3. The maximum absolute atomic E-state index is 10.1. The molecule has 0 saturated heterocycles. The van der Waals surface area contributed by atoms with Crippen molar-refractivity contribution in [3.05, 3.63) is 0 Å². The average Bonchev–Trinajstić information content (AvgIpc) is 2.12. The van der Waals surface area contributed by atoms with Gasteiger partial charge >= 0.3 is 5.97 Å². The van der Waals surface area contributed by atoms with E-state index in [1.54, 1.807) is 0 Å². The molecule has 1 unspecified atom stereocenters. The summed E-state index contributed by atoms with van der Waals surface area (Å²) in [7, 11) is 0. The molecule has 0 aliphatic carbocycles. The zero-order valence-corrected chi connectivity index (χ0v) is 4.89. The van der Waals surface area contributed by atoms with Gasteiger partial charge in [0.15, 0.2) is 0 Å². The summed E-state index contributed by atoms with van der Waals surface area (Å²) in [6.45, 7) is 0. The van der Waals surface area contributed by atoms with E-state index >= 15 is 0 Å². The van der Waals surface area contributed by atoms with Crippen LogP contribution < -0.4 is 0 Å². The van der Waals surface area contributed by atoms with Crippen LogP contribution in [0.25, 0.3) is 0 Å². The summed E-state index contributed by atoms with van der Waals surface area (Å²) in [5, 5.41) is 8.31. The first-order chi connectivity index (χ1) is 3.80. The first-order valence-electron chi connectivity index (χ1n) is 2.19. The molecule has 0 spiro atoms. The lowest BCUT2D eigenvalue weighted by Gasteiger charge is -1.92. The molecule has 0 radical (unpaired) electrons. The fourth-order valence-corrected chi connectivity index (χ4v) is 1.13. The zero-order valence-electron chi connectivity index (χ0n) is 4.07. The molecule has 0 bridgehead atoms. The van der Waals surface area contributed by atoms with Crippen LogP contribution in [0.2, 0.25) is 0 Å². The van der Waals surface area contributed by atoms with Gasteiger partial charge in [0.2, 0.25) is 0 Å². The fraction of sp³-hybridized carbons (Fsp3) is 0.500. The molecule has 0 aromatic rings. The second-order valence-electron chi connectivity index (χ2n) is 1.49. The molecule has 1 atom stereocenters. The van der Waals surface area contributed by atoms with E-state index in [2.05, 4.69) is 4.40 Å². The van der Waals surface area contributed by atoms with Crippen molar-refractivity contribution in [1.82, 2.24) is 0 Å². The molecule has 4 heteroatoms. The first-order valence-corrected chi connectivity index (χ1v) is 3.13. The molecule has 0 saturated carbocycles. The highest BCUT2D eigenvalue weighted by Crippen LogP contribution is 2.15. The van der Waals surface area contributed by atoms with E-state index in [0.717, 1.165) is 0 Å². The molecule has 0 aromatic carbocycles. The SMILES string of the molecule is O=C(O)C1C=NSC1. The van der Waals surface area contributed by atoms with Crippen LogP contribution in [0.1, 0.15) is 0 Å². The maximum Gasteiger partial charge on any atom is 0.312 e. The molecule has 1 aliphatic heterocycles. The molecule has 0 amide bonds. The number of hydrogen-bond donors (Lipinski definition) is 1. The smallest absolute Gasteiger partial charge is 0.312 e. The van der Waals surface area contributed by atoms with Crippen molar-refractivity contribution in [1.29, 1.82) is 0 Å². The Bertz CT molecular complexity index is 134. The van der Waals surface area contributed by atoms with Crippen LogP contribution in [0, 0.1) is 5.92 Å². The summed E-state index contributed by atoms with van der Waals surface area (Å²) in [5.74, 6) is -0.534. The third-order valence-corrected chi connectivity index (χ3v) is 1.67. The number of nitrogens with zero attached hydrogens (tertiary/aromatic N) is 1. The van der Waals surface area contributed by atoms with Crippen molar-refractivity contribution < 1.29 is 9.90 Å². The highest BCUT2D eigenvalue weighted by atomic mass is 32.2. The summed E-state index contributed by atoms with van der Waals surface area (Å²) >= 11 is 1.30. The summed E-state index contributed by atoms with van der Waals surface area (Å²) in [6, 6.07) is 0. The highest BCUT2D eigenvalue weighted by molar-refractivity contribution is 7.98. The van der Waals surface area contributed by atoms with Gasteiger partial charge in [-0.1, -0.05) is 0 Å². The van der Waals surface area contributed by atoms with Gasteiger partial charge in [-0.3, -0.25) is 4.79 Å². The zero-order chi connectivity index (χ0) is 5.98. The molecular formula is C4H5NO2S. The normalized spacial score (nSPS) is 26.2. The number of carboxylic acids is 1. The molecule has 0 aromatic heterocycles. The minimum atomic E-state index is -0.779. The van der Waals surface area contributed by atoms with E-state index in [4.69, 9.17) is 5.11 Å². The lowest BCUT2D eigenvalue weighted by Crippen LogP contribution is -2.13. The van der Waals surface area contributed by atoms with Crippen LogP contribution >= 0.6 is 11.9 Å². The summed E-state index contributed by atoms with van der Waals surface area (Å²) in [6.07, 6.45) is 1.47. The number of rotatable bonds is 1. The first kappa shape index (κ1) is 5.62. The van der Waals surface area contributed by atoms with E-state index in [1.807, 2.05) is 0 Å². The van der Waals surface area contributed by atoms with E-state index in [1.165, 1.54) is 18.2 Å². The Hall–Kier alpha value is -0.510. The highest BCUT2D eigenvalue weighted by Gasteiger charge is 2.18. The Morgan fingerprint density at radius 3 is 3.00 bits per heavy atom. The van der Waals surface area contributed by atoms with Crippen LogP contribution in [-0.4, -0.2) is 23.0 Å². The Labute approximate surface area is 50.9 Å². The van der Waals surface area contributed by atoms with E-state index in [-0.39, 0.29) is 5.92 Å². The maximum atomic E-state index is 10.1. The van der Waals surface area contributed by atoms with E-state index in [0.29, 0.717) is 5.75 Å². The van der Waals surface area contributed by atoms with Crippen molar-refractivity contribution in [3.8, 4) is 0 Å². The van der Waals surface area contributed by atoms with Gasteiger partial charge in [-0.05, 0) is 11.9 Å². The monoisotopic (exact) mass is 131 g/mol. The molecule has 3 nitrogen and oxygen atoms in total. The summed E-state index contributed by atoms with van der Waals surface area (Å²) in [4.78, 5) is 10.1. The van der Waals surface area contributed by atoms with Crippen molar-refractivity contribution in [2.45, 2.75) is 0 Å². The van der Waals surface area contributed by atoms with Crippen LogP contribution in [0.15, 0.2) is 4.40 Å². The topological polar surface area (TPSA) is 49.7 Å². The quantitative estimate of drug-likeness (QED) is 0.525. The van der Waals surface area contributed by atoms with Gasteiger partial charge in [0.25, 0.3) is 0 Å². The van der Waals surface area contributed by atoms with Crippen molar-refractivity contribution in [3.63, 3.8) is 0 Å². The minimum absolute atomic E-state index is 0.347. The average molecular weight is 131 g/mol. The minimum Gasteiger partial charge on any atom is -0.481 e. The summed E-state index contributed by atoms with van der Waals surface area (Å²) < 4.78 is 3.70. The Balaban J connectivity index is 2.48. The predicted octanol–water partition coefficient (Wildman–Crippen LogP) is 0.420.